The fraction of sp³-hybridized carbons (Fsp3) is 0.217. The van der Waals surface area contributed by atoms with E-state index in [4.69, 9.17) is 4.74 Å². The van der Waals surface area contributed by atoms with Gasteiger partial charge in [0.1, 0.15) is 11.6 Å². The van der Waals surface area contributed by atoms with Crippen LogP contribution < -0.4 is 15.8 Å². The van der Waals surface area contributed by atoms with Gasteiger partial charge in [0.2, 0.25) is 0 Å². The van der Waals surface area contributed by atoms with Crippen molar-refractivity contribution in [2.75, 3.05) is 27.2 Å². The van der Waals surface area contributed by atoms with Crippen molar-refractivity contribution in [1.29, 1.82) is 0 Å². The monoisotopic (exact) mass is 410 g/mol. The standard InChI is InChI=1S/C22H19F2N3O.CH5N/c1-25-7-2-8-28-22-20-16(14-9-12(23)3-5-18(14)26-20)11-17-15-10-13(24)4-6-19(15)27-21(17)22;1-2/h3-6,9-11,25-27H,2,7-8H2,1H3;2H2,1H3. The highest BCUT2D eigenvalue weighted by atomic mass is 19.1. The van der Waals surface area contributed by atoms with Gasteiger partial charge in [-0.25, -0.2) is 8.78 Å². The van der Waals surface area contributed by atoms with Crippen LogP contribution in [0.1, 0.15) is 6.42 Å². The summed E-state index contributed by atoms with van der Waals surface area (Å²) in [6.45, 7) is 1.37. The van der Waals surface area contributed by atoms with Gasteiger partial charge in [0, 0.05) is 32.6 Å². The maximum absolute atomic E-state index is 13.9. The van der Waals surface area contributed by atoms with Gasteiger partial charge >= 0.3 is 0 Å². The summed E-state index contributed by atoms with van der Waals surface area (Å²) in [6, 6.07) is 11.3. The van der Waals surface area contributed by atoms with E-state index >= 15 is 0 Å². The molecule has 0 saturated carbocycles. The molecule has 0 bridgehead atoms. The zero-order chi connectivity index (χ0) is 21.3. The van der Waals surface area contributed by atoms with Crippen molar-refractivity contribution >= 4 is 43.6 Å². The number of aromatic amines is 2. The summed E-state index contributed by atoms with van der Waals surface area (Å²) >= 11 is 0. The zero-order valence-corrected chi connectivity index (χ0v) is 16.9. The van der Waals surface area contributed by atoms with E-state index in [1.807, 2.05) is 13.1 Å². The summed E-state index contributed by atoms with van der Waals surface area (Å²) in [5.41, 5.74) is 7.79. The maximum atomic E-state index is 13.9. The topological polar surface area (TPSA) is 78.9 Å². The van der Waals surface area contributed by atoms with Gasteiger partial charge in [0.25, 0.3) is 0 Å². The normalized spacial score (nSPS) is 11.4. The molecule has 0 aliphatic heterocycles. The summed E-state index contributed by atoms with van der Waals surface area (Å²) in [4.78, 5) is 6.72. The van der Waals surface area contributed by atoms with Crippen LogP contribution in [0, 0.1) is 11.6 Å². The van der Waals surface area contributed by atoms with Crippen LogP contribution in [0.4, 0.5) is 8.78 Å². The lowest BCUT2D eigenvalue weighted by molar-refractivity contribution is 0.316. The van der Waals surface area contributed by atoms with E-state index in [1.165, 1.54) is 31.3 Å². The highest BCUT2D eigenvalue weighted by Gasteiger charge is 2.18. The van der Waals surface area contributed by atoms with E-state index in [-0.39, 0.29) is 11.6 Å². The Labute approximate surface area is 172 Å². The molecule has 0 aliphatic carbocycles. The molecule has 0 atom stereocenters. The number of nitrogens with two attached hydrogens (primary N) is 1. The Bertz CT molecular complexity index is 1250. The lowest BCUT2D eigenvalue weighted by Gasteiger charge is -2.09. The summed E-state index contributed by atoms with van der Waals surface area (Å²) in [6.07, 6.45) is 0.845. The van der Waals surface area contributed by atoms with E-state index in [0.717, 1.165) is 56.6 Å². The molecule has 2 aromatic heterocycles. The molecule has 3 aromatic carbocycles. The second kappa shape index (κ2) is 8.30. The molecular weight excluding hydrogens is 386 g/mol. The Morgan fingerprint density at radius 3 is 1.87 bits per heavy atom. The Morgan fingerprint density at radius 1 is 0.833 bits per heavy atom. The van der Waals surface area contributed by atoms with Crippen LogP contribution in [-0.2, 0) is 0 Å². The molecule has 0 spiro atoms. The number of hydrogen-bond acceptors (Lipinski definition) is 3. The fourth-order valence-corrected chi connectivity index (χ4v) is 3.86. The van der Waals surface area contributed by atoms with Crippen LogP contribution in [-0.4, -0.2) is 37.2 Å². The highest BCUT2D eigenvalue weighted by molar-refractivity contribution is 6.20. The predicted molar refractivity (Wildman–Crippen MR) is 119 cm³/mol. The second-order valence-corrected chi connectivity index (χ2v) is 6.99. The van der Waals surface area contributed by atoms with Gasteiger partial charge in [-0.2, -0.15) is 0 Å². The first-order valence-corrected chi connectivity index (χ1v) is 9.86. The SMILES string of the molecule is CN.CNCCCOc1c2[nH]c3ccc(F)cc3c2cc2c1[nH]c1ccc(F)cc12. The Morgan fingerprint density at radius 2 is 1.37 bits per heavy atom. The van der Waals surface area contributed by atoms with E-state index in [9.17, 15) is 8.78 Å². The number of nitrogens with one attached hydrogen (secondary N) is 3. The first kappa shape index (κ1) is 20.1. The van der Waals surface area contributed by atoms with E-state index in [2.05, 4.69) is 21.0 Å². The third kappa shape index (κ3) is 3.36. The largest absolute Gasteiger partial charge is 0.489 e. The molecule has 5 N–H and O–H groups in total. The van der Waals surface area contributed by atoms with Crippen LogP contribution in [0.25, 0.3) is 43.6 Å². The first-order valence-electron chi connectivity index (χ1n) is 9.86. The number of H-pyrrole nitrogens is 2. The number of benzene rings is 3. The van der Waals surface area contributed by atoms with Crippen LogP contribution in [0.15, 0.2) is 42.5 Å². The van der Waals surface area contributed by atoms with Crippen molar-refractivity contribution in [1.82, 2.24) is 15.3 Å². The van der Waals surface area contributed by atoms with Crippen molar-refractivity contribution in [3.05, 3.63) is 54.1 Å². The van der Waals surface area contributed by atoms with Gasteiger partial charge in [0.15, 0.2) is 5.75 Å². The predicted octanol–water partition coefficient (Wildman–Crippen LogP) is 4.80. The maximum Gasteiger partial charge on any atom is 0.167 e. The minimum atomic E-state index is -0.296. The number of rotatable bonds is 5. The lowest BCUT2D eigenvalue weighted by Crippen LogP contribution is -2.11. The summed E-state index contributed by atoms with van der Waals surface area (Å²) in [5.74, 6) is 0.0849. The van der Waals surface area contributed by atoms with Gasteiger partial charge < -0.3 is 25.8 Å². The molecule has 5 nitrogen and oxygen atoms in total. The third-order valence-electron chi connectivity index (χ3n) is 5.16. The Hall–Kier alpha value is -3.16. The van der Waals surface area contributed by atoms with Gasteiger partial charge in [-0.1, -0.05) is 0 Å². The van der Waals surface area contributed by atoms with Crippen LogP contribution in [0.5, 0.6) is 5.75 Å². The molecule has 0 saturated heterocycles. The third-order valence-corrected chi connectivity index (χ3v) is 5.16. The molecule has 0 aliphatic rings. The summed E-state index contributed by atoms with van der Waals surface area (Å²) in [7, 11) is 3.40. The fourth-order valence-electron chi connectivity index (χ4n) is 3.86. The van der Waals surface area contributed by atoms with Crippen LogP contribution >= 0.6 is 0 Å². The average molecular weight is 410 g/mol. The van der Waals surface area contributed by atoms with Crippen LogP contribution in [0.2, 0.25) is 0 Å². The molecule has 2 heterocycles. The molecule has 7 heteroatoms. The molecule has 5 aromatic rings. The molecule has 0 radical (unpaired) electrons. The van der Waals surface area contributed by atoms with Crippen molar-refractivity contribution in [2.24, 2.45) is 5.73 Å². The molecule has 0 amide bonds. The van der Waals surface area contributed by atoms with E-state index in [1.54, 1.807) is 12.1 Å². The second-order valence-electron chi connectivity index (χ2n) is 6.99. The quantitative estimate of drug-likeness (QED) is 0.314. The van der Waals surface area contributed by atoms with Crippen molar-refractivity contribution in [2.45, 2.75) is 6.42 Å². The molecule has 156 valence electrons. The first-order chi connectivity index (χ1) is 14.7. The van der Waals surface area contributed by atoms with Gasteiger partial charge in [-0.3, -0.25) is 0 Å². The van der Waals surface area contributed by atoms with Crippen LogP contribution in [0.3, 0.4) is 0 Å². The van der Waals surface area contributed by atoms with Gasteiger partial charge in [-0.05, 0) is 69.5 Å². The van der Waals surface area contributed by atoms with Gasteiger partial charge in [-0.15, -0.1) is 0 Å². The number of hydrogen-bond donors (Lipinski definition) is 4. The smallest absolute Gasteiger partial charge is 0.167 e. The van der Waals surface area contributed by atoms with Crippen molar-refractivity contribution < 1.29 is 13.5 Å². The minimum absolute atomic E-state index is 0.296. The number of fused-ring (bicyclic) bond motifs is 6. The summed E-state index contributed by atoms with van der Waals surface area (Å²) in [5, 5.41) is 6.38. The molecule has 0 fully saturated rings. The van der Waals surface area contributed by atoms with Crippen molar-refractivity contribution in [3.8, 4) is 5.75 Å². The molecular formula is C23H24F2N4O. The lowest BCUT2D eigenvalue weighted by atomic mass is 10.1. The summed E-state index contributed by atoms with van der Waals surface area (Å²) < 4.78 is 33.9. The number of aromatic nitrogens is 2. The highest BCUT2D eigenvalue weighted by Crippen LogP contribution is 2.41. The van der Waals surface area contributed by atoms with Crippen molar-refractivity contribution in [3.63, 3.8) is 0 Å². The Balaban J connectivity index is 0.00000106. The molecule has 5 rings (SSSR count). The van der Waals surface area contributed by atoms with Gasteiger partial charge in [0.05, 0.1) is 17.6 Å². The Kier molecular flexibility index (Phi) is 5.57. The molecule has 30 heavy (non-hydrogen) atoms. The minimum Gasteiger partial charge on any atom is -0.489 e. The number of halogens is 2. The van der Waals surface area contributed by atoms with E-state index < -0.39 is 0 Å². The molecule has 0 unspecified atom stereocenters. The zero-order valence-electron chi connectivity index (χ0n) is 16.9. The average Bonchev–Trinajstić information content (AvgIpc) is 3.30. The number of ether oxygens (including phenoxy) is 1. The van der Waals surface area contributed by atoms with E-state index in [0.29, 0.717) is 12.4 Å².